The SMILES string of the molecule is CN(C)C(=N)C(C)(C)CC(C)(C)C. The third-order valence-electron chi connectivity index (χ3n) is 2.06. The van der Waals surface area contributed by atoms with Gasteiger partial charge in [-0.25, -0.2) is 0 Å². The van der Waals surface area contributed by atoms with E-state index in [-0.39, 0.29) is 10.8 Å². The van der Waals surface area contributed by atoms with Crippen LogP contribution in [0.3, 0.4) is 0 Å². The Bertz CT molecular complexity index is 185. The molecule has 0 aromatic heterocycles. The second kappa shape index (κ2) is 3.69. The summed E-state index contributed by atoms with van der Waals surface area (Å²) >= 11 is 0. The van der Waals surface area contributed by atoms with Gasteiger partial charge in [0.05, 0.1) is 0 Å². The second-order valence-electron chi connectivity index (χ2n) is 5.86. The first-order chi connectivity index (χ1) is 5.56. The van der Waals surface area contributed by atoms with Crippen molar-refractivity contribution >= 4 is 5.84 Å². The molecule has 0 bridgehead atoms. The molecule has 13 heavy (non-hydrogen) atoms. The summed E-state index contributed by atoms with van der Waals surface area (Å²) in [5, 5.41) is 7.95. The average molecular weight is 184 g/mol. The molecule has 78 valence electrons. The van der Waals surface area contributed by atoms with Gasteiger partial charge in [0.2, 0.25) is 0 Å². The molecule has 0 amide bonds. The van der Waals surface area contributed by atoms with Crippen molar-refractivity contribution < 1.29 is 0 Å². The molecule has 0 fully saturated rings. The van der Waals surface area contributed by atoms with Crippen molar-refractivity contribution in [1.82, 2.24) is 4.90 Å². The third kappa shape index (κ3) is 4.30. The zero-order valence-electron chi connectivity index (χ0n) is 10.2. The van der Waals surface area contributed by atoms with Crippen LogP contribution in [0.1, 0.15) is 41.0 Å². The van der Waals surface area contributed by atoms with Crippen molar-refractivity contribution in [3.05, 3.63) is 0 Å². The lowest BCUT2D eigenvalue weighted by molar-refractivity contribution is 0.263. The summed E-state index contributed by atoms with van der Waals surface area (Å²) in [5.41, 5.74) is 0.257. The number of nitrogens with zero attached hydrogens (tertiary/aromatic N) is 1. The minimum absolute atomic E-state index is 0.0260. The Morgan fingerprint density at radius 3 is 1.69 bits per heavy atom. The molecule has 0 spiro atoms. The smallest absolute Gasteiger partial charge is 0.101 e. The predicted molar refractivity (Wildman–Crippen MR) is 59.3 cm³/mol. The highest BCUT2D eigenvalue weighted by Crippen LogP contribution is 2.34. The van der Waals surface area contributed by atoms with E-state index in [9.17, 15) is 0 Å². The van der Waals surface area contributed by atoms with E-state index >= 15 is 0 Å². The van der Waals surface area contributed by atoms with Crippen LogP contribution in [0.2, 0.25) is 0 Å². The molecule has 0 rings (SSSR count). The lowest BCUT2D eigenvalue weighted by Gasteiger charge is -2.35. The van der Waals surface area contributed by atoms with Gasteiger partial charge in [0.1, 0.15) is 5.84 Å². The summed E-state index contributed by atoms with van der Waals surface area (Å²) in [4.78, 5) is 1.89. The van der Waals surface area contributed by atoms with Crippen LogP contribution in [0, 0.1) is 16.2 Å². The summed E-state index contributed by atoms with van der Waals surface area (Å²) < 4.78 is 0. The van der Waals surface area contributed by atoms with Gasteiger partial charge in [0.15, 0.2) is 0 Å². The quantitative estimate of drug-likeness (QED) is 0.518. The summed E-state index contributed by atoms with van der Waals surface area (Å²) in [5.74, 6) is 0.711. The van der Waals surface area contributed by atoms with E-state index in [0.717, 1.165) is 6.42 Å². The van der Waals surface area contributed by atoms with Crippen molar-refractivity contribution in [2.45, 2.75) is 41.0 Å². The van der Waals surface area contributed by atoms with Gasteiger partial charge in [0, 0.05) is 19.5 Å². The maximum Gasteiger partial charge on any atom is 0.101 e. The number of hydrogen-bond donors (Lipinski definition) is 1. The van der Waals surface area contributed by atoms with Gasteiger partial charge in [-0.2, -0.15) is 0 Å². The van der Waals surface area contributed by atoms with Crippen LogP contribution in [0.15, 0.2) is 0 Å². The lowest BCUT2D eigenvalue weighted by Crippen LogP contribution is -2.37. The highest BCUT2D eigenvalue weighted by Gasteiger charge is 2.30. The van der Waals surface area contributed by atoms with Crippen molar-refractivity contribution in [1.29, 1.82) is 5.41 Å². The first-order valence-electron chi connectivity index (χ1n) is 4.83. The van der Waals surface area contributed by atoms with Crippen molar-refractivity contribution in [2.75, 3.05) is 14.1 Å². The third-order valence-corrected chi connectivity index (χ3v) is 2.06. The molecule has 0 saturated heterocycles. The van der Waals surface area contributed by atoms with Crippen LogP contribution in [0.25, 0.3) is 0 Å². The minimum atomic E-state index is -0.0260. The van der Waals surface area contributed by atoms with Crippen LogP contribution in [0.4, 0.5) is 0 Å². The molecule has 0 aliphatic carbocycles. The van der Waals surface area contributed by atoms with E-state index in [2.05, 4.69) is 34.6 Å². The Balaban J connectivity index is 4.49. The topological polar surface area (TPSA) is 27.1 Å². The molecule has 0 aliphatic rings. The minimum Gasteiger partial charge on any atom is -0.366 e. The standard InChI is InChI=1S/C11H24N2/c1-10(2,3)8-11(4,5)9(12)13(6)7/h12H,8H2,1-7H3. The fraction of sp³-hybridized carbons (Fsp3) is 0.909. The average Bonchev–Trinajstić information content (AvgIpc) is 1.80. The molecule has 0 aromatic carbocycles. The fourth-order valence-corrected chi connectivity index (χ4v) is 2.01. The highest BCUT2D eigenvalue weighted by atomic mass is 15.1. The van der Waals surface area contributed by atoms with Gasteiger partial charge in [-0.1, -0.05) is 34.6 Å². The van der Waals surface area contributed by atoms with Gasteiger partial charge < -0.3 is 4.90 Å². The summed E-state index contributed by atoms with van der Waals surface area (Å²) in [6, 6.07) is 0. The zero-order chi connectivity index (χ0) is 10.9. The molecular weight excluding hydrogens is 160 g/mol. The van der Waals surface area contributed by atoms with E-state index in [1.165, 1.54) is 0 Å². The van der Waals surface area contributed by atoms with Crippen molar-refractivity contribution in [3.63, 3.8) is 0 Å². The van der Waals surface area contributed by atoms with Crippen molar-refractivity contribution in [3.8, 4) is 0 Å². The predicted octanol–water partition coefficient (Wildman–Crippen LogP) is 2.99. The highest BCUT2D eigenvalue weighted by molar-refractivity contribution is 5.84. The molecule has 0 aliphatic heterocycles. The Morgan fingerprint density at radius 1 is 1.08 bits per heavy atom. The fourth-order valence-electron chi connectivity index (χ4n) is 2.01. The van der Waals surface area contributed by atoms with Crippen LogP contribution in [-0.2, 0) is 0 Å². The first-order valence-corrected chi connectivity index (χ1v) is 4.83. The summed E-state index contributed by atoms with van der Waals surface area (Å²) in [6.07, 6.45) is 1.04. The van der Waals surface area contributed by atoms with E-state index in [1.54, 1.807) is 0 Å². The molecule has 0 unspecified atom stereocenters. The molecule has 1 N–H and O–H groups in total. The Hall–Kier alpha value is -0.530. The maximum atomic E-state index is 7.95. The second-order valence-corrected chi connectivity index (χ2v) is 5.86. The van der Waals surface area contributed by atoms with E-state index in [1.807, 2.05) is 19.0 Å². The molecule has 0 saturated carbocycles. The monoisotopic (exact) mass is 184 g/mol. The van der Waals surface area contributed by atoms with E-state index in [4.69, 9.17) is 5.41 Å². The van der Waals surface area contributed by atoms with E-state index < -0.39 is 0 Å². The molecule has 0 atom stereocenters. The normalized spacial score (nSPS) is 12.8. The van der Waals surface area contributed by atoms with Crippen LogP contribution in [-0.4, -0.2) is 24.8 Å². The Labute approximate surface area is 82.8 Å². The number of nitrogens with one attached hydrogen (secondary N) is 1. The van der Waals surface area contributed by atoms with Gasteiger partial charge >= 0.3 is 0 Å². The molecule has 2 heteroatoms. The molecule has 0 aromatic rings. The summed E-state index contributed by atoms with van der Waals surface area (Å²) in [6.45, 7) is 10.9. The van der Waals surface area contributed by atoms with Crippen LogP contribution >= 0.6 is 0 Å². The van der Waals surface area contributed by atoms with E-state index in [0.29, 0.717) is 5.84 Å². The largest absolute Gasteiger partial charge is 0.366 e. The first kappa shape index (κ1) is 12.5. The van der Waals surface area contributed by atoms with Crippen LogP contribution in [0.5, 0.6) is 0 Å². The molecule has 0 radical (unpaired) electrons. The van der Waals surface area contributed by atoms with Gasteiger partial charge in [-0.3, -0.25) is 5.41 Å². The molecular formula is C11H24N2. The number of hydrogen-bond acceptors (Lipinski definition) is 1. The van der Waals surface area contributed by atoms with Gasteiger partial charge in [-0.15, -0.1) is 0 Å². The van der Waals surface area contributed by atoms with Crippen LogP contribution < -0.4 is 0 Å². The molecule has 0 heterocycles. The number of rotatable bonds is 2. The maximum absolute atomic E-state index is 7.95. The lowest BCUT2D eigenvalue weighted by atomic mass is 9.75. The van der Waals surface area contributed by atoms with Gasteiger partial charge in [-0.05, 0) is 11.8 Å². The van der Waals surface area contributed by atoms with Gasteiger partial charge in [0.25, 0.3) is 0 Å². The Morgan fingerprint density at radius 2 is 1.46 bits per heavy atom. The van der Waals surface area contributed by atoms with Crippen molar-refractivity contribution in [2.24, 2.45) is 10.8 Å². The number of amidine groups is 1. The Kier molecular flexibility index (Phi) is 3.54. The molecule has 2 nitrogen and oxygen atoms in total. The zero-order valence-corrected chi connectivity index (χ0v) is 10.2. The summed E-state index contributed by atoms with van der Waals surface area (Å²) in [7, 11) is 3.87.